The first-order chi connectivity index (χ1) is 4.79. The van der Waals surface area contributed by atoms with Crippen LogP contribution >= 0.6 is 0 Å². The smallest absolute Gasteiger partial charge is 0.0581 e. The van der Waals surface area contributed by atoms with Gasteiger partial charge in [0.2, 0.25) is 0 Å². The number of nitrogens with zero attached hydrogens (tertiary/aromatic N) is 2. The summed E-state index contributed by atoms with van der Waals surface area (Å²) in [5, 5.41) is 4.18. The summed E-state index contributed by atoms with van der Waals surface area (Å²) < 4.78 is 2.00. The molecular formula is C7H11N3. The van der Waals surface area contributed by atoms with Gasteiger partial charge in [0.25, 0.3) is 0 Å². The van der Waals surface area contributed by atoms with Crippen molar-refractivity contribution in [1.82, 2.24) is 9.78 Å². The van der Waals surface area contributed by atoms with Crippen LogP contribution in [0, 0.1) is 6.92 Å². The van der Waals surface area contributed by atoms with Gasteiger partial charge in [-0.1, -0.05) is 0 Å². The Morgan fingerprint density at radius 3 is 3.30 bits per heavy atom. The standard InChI is InChI=1S/C7H11N3/c1-5-4-9-10-3-2-6(8)7(5)10/h4,6H,2-3,8H2,1H3. The van der Waals surface area contributed by atoms with Crippen molar-refractivity contribution in [2.24, 2.45) is 5.73 Å². The first-order valence-electron chi connectivity index (χ1n) is 3.57. The van der Waals surface area contributed by atoms with E-state index in [-0.39, 0.29) is 6.04 Å². The minimum absolute atomic E-state index is 0.225. The van der Waals surface area contributed by atoms with Crippen molar-refractivity contribution in [3.63, 3.8) is 0 Å². The number of rotatable bonds is 0. The van der Waals surface area contributed by atoms with Gasteiger partial charge in [0.05, 0.1) is 11.9 Å². The number of fused-ring (bicyclic) bond motifs is 1. The average Bonchev–Trinajstić information content (AvgIpc) is 2.40. The second-order valence-corrected chi connectivity index (χ2v) is 2.83. The maximum atomic E-state index is 5.83. The highest BCUT2D eigenvalue weighted by Crippen LogP contribution is 2.24. The van der Waals surface area contributed by atoms with Gasteiger partial charge in [0, 0.05) is 12.6 Å². The lowest BCUT2D eigenvalue weighted by atomic mass is 10.1. The zero-order chi connectivity index (χ0) is 7.14. The van der Waals surface area contributed by atoms with E-state index >= 15 is 0 Å². The van der Waals surface area contributed by atoms with Gasteiger partial charge in [-0.15, -0.1) is 0 Å². The van der Waals surface area contributed by atoms with Crippen LogP contribution in [0.4, 0.5) is 0 Å². The quantitative estimate of drug-likeness (QED) is 0.569. The summed E-state index contributed by atoms with van der Waals surface area (Å²) in [6.45, 7) is 3.05. The molecule has 2 rings (SSSR count). The van der Waals surface area contributed by atoms with Crippen LogP contribution in [-0.2, 0) is 6.54 Å². The Hall–Kier alpha value is -0.830. The van der Waals surface area contributed by atoms with Gasteiger partial charge in [-0.2, -0.15) is 5.10 Å². The molecule has 0 fully saturated rings. The van der Waals surface area contributed by atoms with Gasteiger partial charge in [-0.3, -0.25) is 4.68 Å². The van der Waals surface area contributed by atoms with E-state index in [0.29, 0.717) is 0 Å². The molecule has 0 spiro atoms. The van der Waals surface area contributed by atoms with E-state index < -0.39 is 0 Å². The minimum Gasteiger partial charge on any atom is -0.323 e. The minimum atomic E-state index is 0.225. The van der Waals surface area contributed by atoms with Crippen LogP contribution in [0.1, 0.15) is 23.7 Å². The van der Waals surface area contributed by atoms with E-state index in [9.17, 15) is 0 Å². The van der Waals surface area contributed by atoms with Gasteiger partial charge in [-0.05, 0) is 18.9 Å². The second-order valence-electron chi connectivity index (χ2n) is 2.83. The molecule has 0 amide bonds. The Bertz CT molecular complexity index is 251. The Morgan fingerprint density at radius 1 is 1.80 bits per heavy atom. The number of nitrogens with two attached hydrogens (primary N) is 1. The molecule has 0 saturated heterocycles. The Morgan fingerprint density at radius 2 is 2.60 bits per heavy atom. The van der Waals surface area contributed by atoms with Crippen molar-refractivity contribution in [1.29, 1.82) is 0 Å². The predicted octanol–water partition coefficient (Wildman–Crippen LogP) is 0.595. The van der Waals surface area contributed by atoms with Crippen LogP contribution in [0.3, 0.4) is 0 Å². The highest BCUT2D eigenvalue weighted by molar-refractivity contribution is 5.21. The summed E-state index contributed by atoms with van der Waals surface area (Å²) >= 11 is 0. The fourth-order valence-electron chi connectivity index (χ4n) is 1.55. The number of hydrogen-bond donors (Lipinski definition) is 1. The van der Waals surface area contributed by atoms with Crippen LogP contribution in [0.25, 0.3) is 0 Å². The highest BCUT2D eigenvalue weighted by Gasteiger charge is 2.21. The maximum Gasteiger partial charge on any atom is 0.0581 e. The fourth-order valence-corrected chi connectivity index (χ4v) is 1.55. The maximum absolute atomic E-state index is 5.83. The lowest BCUT2D eigenvalue weighted by Crippen LogP contribution is -2.06. The molecule has 1 aliphatic heterocycles. The lowest BCUT2D eigenvalue weighted by molar-refractivity contribution is 0.637. The zero-order valence-corrected chi connectivity index (χ0v) is 6.04. The summed E-state index contributed by atoms with van der Waals surface area (Å²) in [6, 6.07) is 0.225. The van der Waals surface area contributed by atoms with Gasteiger partial charge in [0.1, 0.15) is 0 Å². The molecular weight excluding hydrogens is 126 g/mol. The Balaban J connectivity index is 2.54. The van der Waals surface area contributed by atoms with E-state index in [1.54, 1.807) is 0 Å². The Kier molecular flexibility index (Phi) is 1.08. The molecule has 0 bridgehead atoms. The SMILES string of the molecule is Cc1cnn2c1C(N)CC2. The molecule has 0 radical (unpaired) electrons. The largest absolute Gasteiger partial charge is 0.323 e. The number of aryl methyl sites for hydroxylation is 2. The monoisotopic (exact) mass is 137 g/mol. The summed E-state index contributed by atoms with van der Waals surface area (Å²) in [5.74, 6) is 0. The summed E-state index contributed by atoms with van der Waals surface area (Å²) in [4.78, 5) is 0. The molecule has 1 aliphatic rings. The third-order valence-corrected chi connectivity index (χ3v) is 2.08. The molecule has 10 heavy (non-hydrogen) atoms. The molecule has 0 saturated carbocycles. The van der Waals surface area contributed by atoms with Gasteiger partial charge >= 0.3 is 0 Å². The fraction of sp³-hybridized carbons (Fsp3) is 0.571. The van der Waals surface area contributed by atoms with Crippen LogP contribution in [0.2, 0.25) is 0 Å². The molecule has 0 aromatic carbocycles. The molecule has 54 valence electrons. The predicted molar refractivity (Wildman–Crippen MR) is 38.5 cm³/mol. The van der Waals surface area contributed by atoms with Crippen molar-refractivity contribution in [3.05, 3.63) is 17.5 Å². The summed E-state index contributed by atoms with van der Waals surface area (Å²) in [5.41, 5.74) is 8.28. The number of aromatic nitrogens is 2. The first-order valence-corrected chi connectivity index (χ1v) is 3.57. The third kappa shape index (κ3) is 0.609. The second kappa shape index (κ2) is 1.83. The van der Waals surface area contributed by atoms with Gasteiger partial charge in [-0.25, -0.2) is 0 Å². The van der Waals surface area contributed by atoms with Gasteiger partial charge in [0.15, 0.2) is 0 Å². The van der Waals surface area contributed by atoms with E-state index in [4.69, 9.17) is 5.73 Å². The van der Waals surface area contributed by atoms with Crippen molar-refractivity contribution in [2.45, 2.75) is 25.9 Å². The molecule has 2 heterocycles. The van der Waals surface area contributed by atoms with E-state index in [0.717, 1.165) is 13.0 Å². The molecule has 1 unspecified atom stereocenters. The van der Waals surface area contributed by atoms with E-state index in [1.807, 2.05) is 10.9 Å². The van der Waals surface area contributed by atoms with Gasteiger partial charge < -0.3 is 5.73 Å². The van der Waals surface area contributed by atoms with Crippen LogP contribution in [0.5, 0.6) is 0 Å². The van der Waals surface area contributed by atoms with E-state index in [1.165, 1.54) is 11.3 Å². The highest BCUT2D eigenvalue weighted by atomic mass is 15.3. The van der Waals surface area contributed by atoms with E-state index in [2.05, 4.69) is 12.0 Å². The van der Waals surface area contributed by atoms with Crippen molar-refractivity contribution in [3.8, 4) is 0 Å². The lowest BCUT2D eigenvalue weighted by Gasteiger charge is -1.99. The normalized spacial score (nSPS) is 23.2. The summed E-state index contributed by atoms with van der Waals surface area (Å²) in [6.07, 6.45) is 2.93. The molecule has 2 N–H and O–H groups in total. The Labute approximate surface area is 59.8 Å². The van der Waals surface area contributed by atoms with Crippen molar-refractivity contribution >= 4 is 0 Å². The molecule has 3 nitrogen and oxygen atoms in total. The molecule has 1 aromatic heterocycles. The topological polar surface area (TPSA) is 43.8 Å². The van der Waals surface area contributed by atoms with Crippen LogP contribution in [-0.4, -0.2) is 9.78 Å². The third-order valence-electron chi connectivity index (χ3n) is 2.08. The van der Waals surface area contributed by atoms with Crippen molar-refractivity contribution in [2.75, 3.05) is 0 Å². The first kappa shape index (κ1) is 5.92. The van der Waals surface area contributed by atoms with Crippen LogP contribution < -0.4 is 5.73 Å². The molecule has 1 atom stereocenters. The molecule has 3 heteroatoms. The van der Waals surface area contributed by atoms with Crippen molar-refractivity contribution < 1.29 is 0 Å². The summed E-state index contributed by atoms with van der Waals surface area (Å²) in [7, 11) is 0. The molecule has 1 aromatic rings. The number of hydrogen-bond acceptors (Lipinski definition) is 2. The zero-order valence-electron chi connectivity index (χ0n) is 6.04. The van der Waals surface area contributed by atoms with Crippen LogP contribution in [0.15, 0.2) is 6.20 Å². The average molecular weight is 137 g/mol. The molecule has 0 aliphatic carbocycles.